The molecule has 0 saturated heterocycles. The maximum Gasteiger partial charge on any atom is 0.240 e. The number of amides is 1. The maximum atomic E-state index is 12.8. The Morgan fingerprint density at radius 3 is 2.54 bits per heavy atom. The van der Waals surface area contributed by atoms with Crippen LogP contribution in [-0.2, 0) is 11.2 Å². The molecular weight excluding hydrogens is 368 g/mol. The molecule has 2 N–H and O–H groups in total. The van der Waals surface area contributed by atoms with E-state index in [2.05, 4.69) is 48.5 Å². The smallest absolute Gasteiger partial charge is 0.240 e. The summed E-state index contributed by atoms with van der Waals surface area (Å²) in [5.74, 6) is 0.00293. The summed E-state index contributed by atoms with van der Waals surface area (Å²) in [7, 11) is 0. The van der Waals surface area contributed by atoms with Gasteiger partial charge in [0.15, 0.2) is 0 Å². The van der Waals surface area contributed by atoms with Crippen molar-refractivity contribution in [3.05, 3.63) is 89.0 Å². The fourth-order valence-corrected chi connectivity index (χ4v) is 3.94. The fraction of sp³-hybridized carbons (Fsp3) is 0.208. The monoisotopic (exact) mass is 390 g/mol. The predicted octanol–water partition coefficient (Wildman–Crippen LogP) is 4.68. The minimum Gasteiger partial charge on any atom is -0.337 e. The van der Waals surface area contributed by atoms with Gasteiger partial charge in [0.05, 0.1) is 6.04 Å². The number of benzene rings is 3. The van der Waals surface area contributed by atoms with Crippen LogP contribution in [0.15, 0.2) is 72.8 Å². The third-order valence-corrected chi connectivity index (χ3v) is 5.59. The third kappa shape index (κ3) is 3.96. The molecule has 0 aromatic heterocycles. The third-order valence-electron chi connectivity index (χ3n) is 5.34. The summed E-state index contributed by atoms with van der Waals surface area (Å²) in [6.07, 6.45) is 3.53. The number of nitrogens with zero attached hydrogens (tertiary/aromatic N) is 1. The lowest BCUT2D eigenvalue weighted by molar-refractivity contribution is -0.132. The van der Waals surface area contributed by atoms with Crippen molar-refractivity contribution < 1.29 is 4.79 Å². The van der Waals surface area contributed by atoms with Gasteiger partial charge in [-0.15, -0.1) is 0 Å². The lowest BCUT2D eigenvalue weighted by Gasteiger charge is -2.29. The highest BCUT2D eigenvalue weighted by molar-refractivity contribution is 6.30. The molecule has 0 spiro atoms. The van der Waals surface area contributed by atoms with Crippen LogP contribution in [0.4, 0.5) is 0 Å². The Hall–Kier alpha value is -2.62. The molecule has 1 amide bonds. The van der Waals surface area contributed by atoms with Crippen LogP contribution < -0.4 is 5.73 Å². The van der Waals surface area contributed by atoms with Gasteiger partial charge in [0.2, 0.25) is 5.91 Å². The summed E-state index contributed by atoms with van der Waals surface area (Å²) >= 11 is 5.92. The molecular formula is C24H23ClN2O. The highest BCUT2D eigenvalue weighted by Gasteiger charge is 2.23. The predicted molar refractivity (Wildman–Crippen MR) is 116 cm³/mol. The van der Waals surface area contributed by atoms with Crippen LogP contribution in [0.2, 0.25) is 5.02 Å². The molecule has 0 aliphatic carbocycles. The molecule has 0 saturated carbocycles. The van der Waals surface area contributed by atoms with Gasteiger partial charge in [0.1, 0.15) is 0 Å². The number of hydrogen-bond donors (Lipinski definition) is 1. The minimum absolute atomic E-state index is 0.00293. The summed E-state index contributed by atoms with van der Waals surface area (Å²) < 4.78 is 0. The van der Waals surface area contributed by atoms with Gasteiger partial charge in [0, 0.05) is 18.1 Å². The molecule has 0 bridgehead atoms. The first kappa shape index (κ1) is 18.7. The molecule has 1 heterocycles. The molecule has 1 aliphatic rings. The lowest BCUT2D eigenvalue weighted by atomic mass is 9.94. The highest BCUT2D eigenvalue weighted by atomic mass is 35.5. The molecule has 28 heavy (non-hydrogen) atoms. The summed E-state index contributed by atoms with van der Waals surface area (Å²) in [4.78, 5) is 14.6. The largest absolute Gasteiger partial charge is 0.337 e. The van der Waals surface area contributed by atoms with Crippen LogP contribution in [0.25, 0.3) is 16.3 Å². The van der Waals surface area contributed by atoms with E-state index in [0.717, 1.165) is 12.0 Å². The zero-order valence-electron chi connectivity index (χ0n) is 15.6. The molecule has 3 nitrogen and oxygen atoms in total. The quantitative estimate of drug-likeness (QED) is 0.703. The van der Waals surface area contributed by atoms with Gasteiger partial charge < -0.3 is 10.6 Å². The summed E-state index contributed by atoms with van der Waals surface area (Å²) in [5, 5.41) is 3.19. The highest BCUT2D eigenvalue weighted by Crippen LogP contribution is 2.29. The van der Waals surface area contributed by atoms with Gasteiger partial charge in [-0.3, -0.25) is 4.79 Å². The Morgan fingerprint density at radius 1 is 1.04 bits per heavy atom. The number of nitrogens with two attached hydrogens (primary N) is 1. The average molecular weight is 391 g/mol. The zero-order chi connectivity index (χ0) is 19.5. The Morgan fingerprint density at radius 2 is 1.79 bits per heavy atom. The van der Waals surface area contributed by atoms with Gasteiger partial charge in [-0.1, -0.05) is 72.3 Å². The molecule has 1 atom stereocenters. The van der Waals surface area contributed by atoms with Crippen LogP contribution >= 0.6 is 11.6 Å². The van der Waals surface area contributed by atoms with Gasteiger partial charge in [-0.25, -0.2) is 0 Å². The van der Waals surface area contributed by atoms with E-state index >= 15 is 0 Å². The molecule has 4 heteroatoms. The van der Waals surface area contributed by atoms with Crippen LogP contribution in [0.3, 0.4) is 0 Å². The first-order valence-electron chi connectivity index (χ1n) is 9.58. The van der Waals surface area contributed by atoms with Crippen molar-refractivity contribution >= 4 is 33.9 Å². The topological polar surface area (TPSA) is 46.3 Å². The fourth-order valence-electron chi connectivity index (χ4n) is 3.82. The Bertz CT molecular complexity index is 1020. The van der Waals surface area contributed by atoms with E-state index in [1.54, 1.807) is 0 Å². The number of carbonyl (C=O) groups excluding carboxylic acids is 1. The van der Waals surface area contributed by atoms with Crippen molar-refractivity contribution in [2.75, 3.05) is 13.1 Å². The van der Waals surface area contributed by atoms with Crippen molar-refractivity contribution in [1.82, 2.24) is 4.90 Å². The van der Waals surface area contributed by atoms with Gasteiger partial charge in [-0.05, 0) is 52.4 Å². The summed E-state index contributed by atoms with van der Waals surface area (Å²) in [5.41, 5.74) is 9.77. The molecule has 0 fully saturated rings. The number of carbonyl (C=O) groups is 1. The molecule has 1 aliphatic heterocycles. The van der Waals surface area contributed by atoms with Crippen molar-refractivity contribution in [2.45, 2.75) is 18.9 Å². The normalized spacial score (nSPS) is 15.4. The second-order valence-electron chi connectivity index (χ2n) is 7.23. The molecule has 3 aromatic rings. The van der Waals surface area contributed by atoms with E-state index in [9.17, 15) is 4.79 Å². The van der Waals surface area contributed by atoms with Crippen LogP contribution in [0, 0.1) is 0 Å². The first-order chi connectivity index (χ1) is 13.6. The Kier molecular flexibility index (Phi) is 5.47. The van der Waals surface area contributed by atoms with E-state index in [0.29, 0.717) is 24.5 Å². The van der Waals surface area contributed by atoms with E-state index in [-0.39, 0.29) is 5.91 Å². The van der Waals surface area contributed by atoms with Crippen LogP contribution in [-0.4, -0.2) is 29.9 Å². The standard InChI is InChI=1S/C24H23ClN2O/c25-20-10-8-17(9-11-20)16-23(26)24(28)27-14-12-19(13-15-27)22-7-3-5-18-4-1-2-6-21(18)22/h1-12,23H,13-16,26H2. The van der Waals surface area contributed by atoms with Crippen LogP contribution in [0.5, 0.6) is 0 Å². The molecule has 1 unspecified atom stereocenters. The SMILES string of the molecule is NC(Cc1ccc(Cl)cc1)C(=O)N1CC=C(c2cccc3ccccc23)CC1. The number of rotatable bonds is 4. The second kappa shape index (κ2) is 8.17. The zero-order valence-corrected chi connectivity index (χ0v) is 16.4. The van der Waals surface area contributed by atoms with E-state index < -0.39 is 6.04 Å². The van der Waals surface area contributed by atoms with Gasteiger partial charge in [0.25, 0.3) is 0 Å². The lowest BCUT2D eigenvalue weighted by Crippen LogP contribution is -2.46. The molecule has 4 rings (SSSR count). The van der Waals surface area contributed by atoms with Gasteiger partial charge in [-0.2, -0.15) is 0 Å². The number of fused-ring (bicyclic) bond motifs is 1. The Labute approximate surface area is 170 Å². The average Bonchev–Trinajstić information content (AvgIpc) is 2.74. The second-order valence-corrected chi connectivity index (χ2v) is 7.66. The van der Waals surface area contributed by atoms with Gasteiger partial charge >= 0.3 is 0 Å². The van der Waals surface area contributed by atoms with Crippen molar-refractivity contribution in [1.29, 1.82) is 0 Å². The number of halogens is 1. The molecule has 0 radical (unpaired) electrons. The van der Waals surface area contributed by atoms with Crippen LogP contribution in [0.1, 0.15) is 17.5 Å². The van der Waals surface area contributed by atoms with Crippen molar-refractivity contribution in [3.8, 4) is 0 Å². The van der Waals surface area contributed by atoms with E-state index in [1.807, 2.05) is 29.2 Å². The first-order valence-corrected chi connectivity index (χ1v) is 9.95. The van der Waals surface area contributed by atoms with E-state index in [4.69, 9.17) is 17.3 Å². The molecule has 3 aromatic carbocycles. The maximum absolute atomic E-state index is 12.8. The molecule has 142 valence electrons. The summed E-state index contributed by atoms with van der Waals surface area (Å²) in [6.45, 7) is 1.30. The minimum atomic E-state index is -0.534. The van der Waals surface area contributed by atoms with E-state index in [1.165, 1.54) is 21.9 Å². The summed E-state index contributed by atoms with van der Waals surface area (Å²) in [6, 6.07) is 21.8. The van der Waals surface area contributed by atoms with Crippen molar-refractivity contribution in [3.63, 3.8) is 0 Å². The van der Waals surface area contributed by atoms with Crippen molar-refractivity contribution in [2.24, 2.45) is 5.73 Å². The Balaban J connectivity index is 1.45. The number of hydrogen-bond acceptors (Lipinski definition) is 2.